The first-order chi connectivity index (χ1) is 29.3. The highest BCUT2D eigenvalue weighted by Crippen LogP contribution is 2.49. The molecule has 0 fully saturated rings. The Morgan fingerprint density at radius 3 is 1.17 bits per heavy atom. The van der Waals surface area contributed by atoms with Crippen LogP contribution >= 0.6 is 11.3 Å². The molecule has 0 bridgehead atoms. The summed E-state index contributed by atoms with van der Waals surface area (Å²) >= 11 is 1.95. The molecule has 0 aliphatic carbocycles. The summed E-state index contributed by atoms with van der Waals surface area (Å²) in [4.78, 5) is 0. The lowest BCUT2D eigenvalue weighted by atomic mass is 9.96. The molecule has 0 aliphatic rings. The Balaban J connectivity index is 1.15. The number of benzene rings is 10. The van der Waals surface area contributed by atoms with E-state index in [1.165, 1.54) is 119 Å². The van der Waals surface area contributed by atoms with Crippen LogP contribution in [0.5, 0.6) is 0 Å². The minimum Gasteiger partial charge on any atom is -0.309 e. The molecular weight excluding hydrogens is 733 g/mol. The lowest BCUT2D eigenvalue weighted by Crippen LogP contribution is -1.93. The summed E-state index contributed by atoms with van der Waals surface area (Å²) < 4.78 is 7.56. The van der Waals surface area contributed by atoms with Gasteiger partial charge in [0.15, 0.2) is 0 Å². The molecule has 0 N–H and O–H groups in total. The second-order valence-corrected chi connectivity index (χ2v) is 16.7. The quantitative estimate of drug-likeness (QED) is 0.169. The average Bonchev–Trinajstić information content (AvgIpc) is 3.96. The topological polar surface area (TPSA) is 9.86 Å². The van der Waals surface area contributed by atoms with Gasteiger partial charge in [-0.3, -0.25) is 0 Å². The SMILES string of the molecule is c1ccc(-n2c3ccc(-c4cccc5ccccc45)cc3c3c4sc5c(ccc6c5c5cc(-c7cccc8ccccc78)ccc5n6-c5ccccc5)c4ccc32)cc1. The third kappa shape index (κ3) is 4.74. The van der Waals surface area contributed by atoms with Gasteiger partial charge in [-0.2, -0.15) is 0 Å². The fourth-order valence-corrected chi connectivity index (χ4v) is 11.3. The van der Waals surface area contributed by atoms with Gasteiger partial charge in [-0.05, 0) is 104 Å². The van der Waals surface area contributed by atoms with Crippen molar-refractivity contribution in [1.29, 1.82) is 0 Å². The first kappa shape index (κ1) is 32.6. The van der Waals surface area contributed by atoms with Crippen molar-refractivity contribution in [3.05, 3.63) is 206 Å². The lowest BCUT2D eigenvalue weighted by Gasteiger charge is -2.09. The minimum atomic E-state index is 1.17. The van der Waals surface area contributed by atoms with E-state index in [1.807, 2.05) is 11.3 Å². The molecule has 3 heterocycles. The number of para-hydroxylation sites is 2. The molecule has 13 rings (SSSR count). The van der Waals surface area contributed by atoms with E-state index in [2.05, 4.69) is 215 Å². The zero-order chi connectivity index (χ0) is 38.6. The van der Waals surface area contributed by atoms with Gasteiger partial charge in [0.2, 0.25) is 0 Å². The Morgan fingerprint density at radius 1 is 0.288 bits per heavy atom. The predicted octanol–water partition coefficient (Wildman–Crippen LogP) is 15.9. The van der Waals surface area contributed by atoms with Crippen molar-refractivity contribution in [2.24, 2.45) is 0 Å². The first-order valence-electron chi connectivity index (χ1n) is 20.3. The summed E-state index contributed by atoms with van der Waals surface area (Å²) in [5, 5.41) is 12.8. The van der Waals surface area contributed by atoms with E-state index in [9.17, 15) is 0 Å². The van der Waals surface area contributed by atoms with E-state index in [1.54, 1.807) is 0 Å². The second kappa shape index (κ2) is 12.5. The zero-order valence-electron chi connectivity index (χ0n) is 31.9. The van der Waals surface area contributed by atoms with E-state index < -0.39 is 0 Å². The highest BCUT2D eigenvalue weighted by molar-refractivity contribution is 7.27. The first-order valence-corrected chi connectivity index (χ1v) is 21.1. The Hall–Kier alpha value is -7.46. The van der Waals surface area contributed by atoms with Gasteiger partial charge in [0, 0.05) is 53.1 Å². The number of hydrogen-bond acceptors (Lipinski definition) is 1. The van der Waals surface area contributed by atoms with Crippen molar-refractivity contribution in [3.63, 3.8) is 0 Å². The van der Waals surface area contributed by atoms with E-state index in [0.717, 1.165) is 0 Å². The van der Waals surface area contributed by atoms with E-state index in [-0.39, 0.29) is 0 Å². The number of thiophene rings is 1. The predicted molar refractivity (Wildman–Crippen MR) is 254 cm³/mol. The fraction of sp³-hybridized carbons (Fsp3) is 0. The molecule has 274 valence electrons. The normalized spacial score (nSPS) is 12.1. The third-order valence-electron chi connectivity index (χ3n) is 12.5. The minimum absolute atomic E-state index is 1.17. The number of hydrogen-bond donors (Lipinski definition) is 0. The maximum absolute atomic E-state index is 2.45. The molecule has 3 heteroatoms. The molecule has 0 atom stereocenters. The number of fused-ring (bicyclic) bond motifs is 13. The van der Waals surface area contributed by atoms with Crippen LogP contribution in [0.3, 0.4) is 0 Å². The van der Waals surface area contributed by atoms with Crippen LogP contribution < -0.4 is 0 Å². The van der Waals surface area contributed by atoms with Crippen molar-refractivity contribution in [1.82, 2.24) is 9.13 Å². The van der Waals surface area contributed by atoms with Crippen LogP contribution in [0.25, 0.3) is 119 Å². The van der Waals surface area contributed by atoms with Crippen LogP contribution in [-0.2, 0) is 0 Å². The molecular formula is C56H34N2S. The molecule has 0 saturated heterocycles. The Kier molecular flexibility index (Phi) is 6.92. The molecule has 0 radical (unpaired) electrons. The van der Waals surface area contributed by atoms with E-state index >= 15 is 0 Å². The Morgan fingerprint density at radius 2 is 0.695 bits per heavy atom. The van der Waals surface area contributed by atoms with Crippen LogP contribution in [-0.4, -0.2) is 9.13 Å². The van der Waals surface area contributed by atoms with Crippen LogP contribution in [0.1, 0.15) is 0 Å². The molecule has 2 nitrogen and oxygen atoms in total. The molecule has 13 aromatic rings. The molecule has 0 spiro atoms. The Bertz CT molecular complexity index is 3570. The molecule has 0 aliphatic heterocycles. The number of nitrogens with zero attached hydrogens (tertiary/aromatic N) is 2. The number of aromatic nitrogens is 2. The fourth-order valence-electron chi connectivity index (χ4n) is 9.90. The van der Waals surface area contributed by atoms with Gasteiger partial charge in [0.1, 0.15) is 0 Å². The van der Waals surface area contributed by atoms with Crippen molar-refractivity contribution in [2.75, 3.05) is 0 Å². The molecule has 0 saturated carbocycles. The third-order valence-corrected chi connectivity index (χ3v) is 13.7. The summed E-state index contributed by atoms with van der Waals surface area (Å²) in [5.74, 6) is 0. The largest absolute Gasteiger partial charge is 0.309 e. The summed E-state index contributed by atoms with van der Waals surface area (Å²) in [5.41, 5.74) is 12.2. The molecule has 3 aromatic heterocycles. The van der Waals surface area contributed by atoms with Gasteiger partial charge in [-0.15, -0.1) is 11.3 Å². The van der Waals surface area contributed by atoms with Crippen LogP contribution in [0, 0.1) is 0 Å². The molecule has 59 heavy (non-hydrogen) atoms. The van der Waals surface area contributed by atoms with Crippen LogP contribution in [0.2, 0.25) is 0 Å². The maximum Gasteiger partial charge on any atom is 0.0555 e. The standard InChI is InChI=1S/C56H34N2S/c1-3-17-39(18-4-1)57-49-29-25-37(43-23-11-15-35-13-7-9-21-41(35)43)33-47(49)53-51(57)31-27-45-46-28-32-52-54(56(46)59-55(45)53)48-34-38(44-24-12-16-36-14-8-10-22-42(36)44)26-30-50(48)58(52)40-19-5-2-6-20-40/h1-34H. The summed E-state index contributed by atoms with van der Waals surface area (Å²) in [6.07, 6.45) is 0. The van der Waals surface area contributed by atoms with Crippen LogP contribution in [0.4, 0.5) is 0 Å². The molecule has 0 unspecified atom stereocenters. The van der Waals surface area contributed by atoms with Gasteiger partial charge >= 0.3 is 0 Å². The lowest BCUT2D eigenvalue weighted by molar-refractivity contribution is 1.18. The van der Waals surface area contributed by atoms with Gasteiger partial charge in [0.05, 0.1) is 22.1 Å². The summed E-state index contributed by atoms with van der Waals surface area (Å²) in [7, 11) is 0. The van der Waals surface area contributed by atoms with Gasteiger partial charge in [-0.1, -0.05) is 146 Å². The van der Waals surface area contributed by atoms with Crippen molar-refractivity contribution in [2.45, 2.75) is 0 Å². The monoisotopic (exact) mass is 766 g/mol. The maximum atomic E-state index is 2.45. The highest BCUT2D eigenvalue weighted by Gasteiger charge is 2.22. The van der Waals surface area contributed by atoms with Crippen molar-refractivity contribution < 1.29 is 0 Å². The summed E-state index contributed by atoms with van der Waals surface area (Å²) in [6.45, 7) is 0. The van der Waals surface area contributed by atoms with E-state index in [0.29, 0.717) is 0 Å². The molecule has 10 aromatic carbocycles. The smallest absolute Gasteiger partial charge is 0.0555 e. The molecule has 0 amide bonds. The van der Waals surface area contributed by atoms with Crippen LogP contribution in [0.15, 0.2) is 206 Å². The van der Waals surface area contributed by atoms with Crippen molar-refractivity contribution >= 4 is 96.7 Å². The number of rotatable bonds is 4. The highest BCUT2D eigenvalue weighted by atomic mass is 32.1. The van der Waals surface area contributed by atoms with E-state index in [4.69, 9.17) is 0 Å². The van der Waals surface area contributed by atoms with Gasteiger partial charge < -0.3 is 9.13 Å². The summed E-state index contributed by atoms with van der Waals surface area (Å²) in [6, 6.07) is 76.0. The van der Waals surface area contributed by atoms with Crippen molar-refractivity contribution in [3.8, 4) is 33.6 Å². The van der Waals surface area contributed by atoms with Gasteiger partial charge in [-0.25, -0.2) is 0 Å². The second-order valence-electron chi connectivity index (χ2n) is 15.6. The zero-order valence-corrected chi connectivity index (χ0v) is 32.7. The average molecular weight is 767 g/mol. The van der Waals surface area contributed by atoms with Gasteiger partial charge in [0.25, 0.3) is 0 Å². The Labute approximate surface area is 344 Å².